The Balaban J connectivity index is 2.47. The van der Waals surface area contributed by atoms with Gasteiger partial charge in [-0.1, -0.05) is 45.4 Å². The standard InChI is InChI=1S/C15H22ClNO2/c1-10(2)15(11(3)4)17-14(18)9-19-13-7-5-6-12(16)8-13/h5-8,10-11,15H,9H2,1-4H3,(H,17,18). The maximum absolute atomic E-state index is 11.9. The number of hydrogen-bond acceptors (Lipinski definition) is 2. The number of hydrogen-bond donors (Lipinski definition) is 1. The summed E-state index contributed by atoms with van der Waals surface area (Å²) in [5.74, 6) is 1.30. The first kappa shape index (κ1) is 15.8. The first-order valence-electron chi connectivity index (χ1n) is 6.58. The van der Waals surface area contributed by atoms with E-state index < -0.39 is 0 Å². The van der Waals surface area contributed by atoms with E-state index in [4.69, 9.17) is 16.3 Å². The second-order valence-corrected chi connectivity index (χ2v) is 5.76. The molecule has 0 aromatic heterocycles. The predicted molar refractivity (Wildman–Crippen MR) is 78.6 cm³/mol. The molecule has 1 N–H and O–H groups in total. The van der Waals surface area contributed by atoms with Crippen LogP contribution >= 0.6 is 11.6 Å². The third-order valence-corrected chi connectivity index (χ3v) is 3.17. The fraction of sp³-hybridized carbons (Fsp3) is 0.533. The van der Waals surface area contributed by atoms with E-state index in [0.717, 1.165) is 0 Å². The topological polar surface area (TPSA) is 38.3 Å². The van der Waals surface area contributed by atoms with Gasteiger partial charge < -0.3 is 10.1 Å². The number of amides is 1. The van der Waals surface area contributed by atoms with Crippen molar-refractivity contribution in [3.05, 3.63) is 29.3 Å². The molecule has 1 amide bonds. The Kier molecular flexibility index (Phi) is 6.16. The minimum absolute atomic E-state index is 0.0102. The van der Waals surface area contributed by atoms with Crippen LogP contribution in [0.3, 0.4) is 0 Å². The van der Waals surface area contributed by atoms with Crippen molar-refractivity contribution >= 4 is 17.5 Å². The summed E-state index contributed by atoms with van der Waals surface area (Å²) < 4.78 is 5.41. The van der Waals surface area contributed by atoms with Gasteiger partial charge in [0.05, 0.1) is 0 Å². The van der Waals surface area contributed by atoms with E-state index in [1.807, 2.05) is 0 Å². The van der Waals surface area contributed by atoms with Gasteiger partial charge in [0.25, 0.3) is 5.91 Å². The van der Waals surface area contributed by atoms with Crippen LogP contribution in [-0.2, 0) is 4.79 Å². The molecule has 0 saturated carbocycles. The molecule has 0 unspecified atom stereocenters. The third-order valence-electron chi connectivity index (χ3n) is 2.93. The summed E-state index contributed by atoms with van der Waals surface area (Å²) in [6.45, 7) is 8.41. The zero-order valence-electron chi connectivity index (χ0n) is 11.9. The van der Waals surface area contributed by atoms with Crippen LogP contribution in [0.4, 0.5) is 0 Å². The number of benzene rings is 1. The molecule has 0 spiro atoms. The molecule has 1 aromatic rings. The molecule has 0 atom stereocenters. The number of carbonyl (C=O) groups excluding carboxylic acids is 1. The van der Waals surface area contributed by atoms with E-state index >= 15 is 0 Å². The van der Waals surface area contributed by atoms with Gasteiger partial charge in [-0.05, 0) is 30.0 Å². The van der Waals surface area contributed by atoms with Gasteiger partial charge in [0.1, 0.15) is 5.75 Å². The zero-order chi connectivity index (χ0) is 14.4. The van der Waals surface area contributed by atoms with Crippen LogP contribution in [0.25, 0.3) is 0 Å². The van der Waals surface area contributed by atoms with Crippen molar-refractivity contribution in [1.29, 1.82) is 0 Å². The Bertz CT molecular complexity index is 410. The monoisotopic (exact) mass is 283 g/mol. The summed E-state index contributed by atoms with van der Waals surface area (Å²) in [5.41, 5.74) is 0. The Labute approximate surface area is 120 Å². The molecule has 1 aromatic carbocycles. The number of ether oxygens (including phenoxy) is 1. The van der Waals surface area contributed by atoms with Crippen molar-refractivity contribution in [2.45, 2.75) is 33.7 Å². The van der Waals surface area contributed by atoms with Crippen molar-refractivity contribution < 1.29 is 9.53 Å². The maximum Gasteiger partial charge on any atom is 0.258 e. The molecule has 106 valence electrons. The molecule has 0 radical (unpaired) electrons. The molecule has 0 saturated heterocycles. The van der Waals surface area contributed by atoms with E-state index in [-0.39, 0.29) is 18.6 Å². The summed E-state index contributed by atoms with van der Waals surface area (Å²) in [5, 5.41) is 3.60. The van der Waals surface area contributed by atoms with E-state index in [1.54, 1.807) is 24.3 Å². The molecule has 3 nitrogen and oxygen atoms in total. The molecular weight excluding hydrogens is 262 g/mol. The summed E-state index contributed by atoms with van der Waals surface area (Å²) in [6, 6.07) is 7.19. The lowest BCUT2D eigenvalue weighted by molar-refractivity contribution is -0.124. The van der Waals surface area contributed by atoms with Crippen LogP contribution < -0.4 is 10.1 Å². The van der Waals surface area contributed by atoms with Gasteiger partial charge in [0.15, 0.2) is 6.61 Å². The Morgan fingerprint density at radius 1 is 1.26 bits per heavy atom. The average molecular weight is 284 g/mol. The highest BCUT2D eigenvalue weighted by molar-refractivity contribution is 6.30. The molecule has 0 heterocycles. The van der Waals surface area contributed by atoms with Gasteiger partial charge >= 0.3 is 0 Å². The molecule has 0 aliphatic carbocycles. The van der Waals surface area contributed by atoms with Crippen LogP contribution in [0.15, 0.2) is 24.3 Å². The Morgan fingerprint density at radius 3 is 2.42 bits per heavy atom. The van der Waals surface area contributed by atoms with E-state index in [0.29, 0.717) is 22.6 Å². The lowest BCUT2D eigenvalue weighted by Gasteiger charge is -2.26. The summed E-state index contributed by atoms with van der Waals surface area (Å²) >= 11 is 5.85. The minimum atomic E-state index is -0.104. The Hall–Kier alpha value is -1.22. The summed E-state index contributed by atoms with van der Waals surface area (Å²) in [6.07, 6.45) is 0. The summed E-state index contributed by atoms with van der Waals surface area (Å²) in [7, 11) is 0. The van der Waals surface area contributed by atoms with Crippen LogP contribution in [0.1, 0.15) is 27.7 Å². The first-order chi connectivity index (χ1) is 8.90. The van der Waals surface area contributed by atoms with E-state index in [9.17, 15) is 4.79 Å². The SMILES string of the molecule is CC(C)C(NC(=O)COc1cccc(Cl)c1)C(C)C. The normalized spacial score (nSPS) is 11.2. The highest BCUT2D eigenvalue weighted by Gasteiger charge is 2.19. The minimum Gasteiger partial charge on any atom is -0.484 e. The second-order valence-electron chi connectivity index (χ2n) is 5.33. The van der Waals surface area contributed by atoms with Gasteiger partial charge in [-0.3, -0.25) is 4.79 Å². The van der Waals surface area contributed by atoms with Crippen LogP contribution in [-0.4, -0.2) is 18.6 Å². The van der Waals surface area contributed by atoms with Crippen molar-refractivity contribution in [2.24, 2.45) is 11.8 Å². The molecule has 0 aliphatic rings. The van der Waals surface area contributed by atoms with Gasteiger partial charge in [-0.25, -0.2) is 0 Å². The number of halogens is 1. The molecule has 4 heteroatoms. The lowest BCUT2D eigenvalue weighted by Crippen LogP contribution is -2.44. The van der Waals surface area contributed by atoms with Crippen molar-refractivity contribution in [1.82, 2.24) is 5.32 Å². The van der Waals surface area contributed by atoms with E-state index in [1.165, 1.54) is 0 Å². The molecule has 19 heavy (non-hydrogen) atoms. The lowest BCUT2D eigenvalue weighted by atomic mass is 9.93. The number of rotatable bonds is 6. The van der Waals surface area contributed by atoms with Gasteiger partial charge in [-0.15, -0.1) is 0 Å². The first-order valence-corrected chi connectivity index (χ1v) is 6.95. The second kappa shape index (κ2) is 7.39. The number of nitrogens with one attached hydrogen (secondary N) is 1. The van der Waals surface area contributed by atoms with Crippen molar-refractivity contribution in [3.63, 3.8) is 0 Å². The Morgan fingerprint density at radius 2 is 1.89 bits per heavy atom. The fourth-order valence-corrected chi connectivity index (χ4v) is 2.22. The molecule has 0 aliphatic heterocycles. The molecule has 1 rings (SSSR count). The van der Waals surface area contributed by atoms with Gasteiger partial charge in [0.2, 0.25) is 0 Å². The van der Waals surface area contributed by atoms with E-state index in [2.05, 4.69) is 33.0 Å². The third kappa shape index (κ3) is 5.52. The maximum atomic E-state index is 11.9. The van der Waals surface area contributed by atoms with Crippen LogP contribution in [0.2, 0.25) is 5.02 Å². The van der Waals surface area contributed by atoms with Crippen LogP contribution in [0, 0.1) is 11.8 Å². The highest BCUT2D eigenvalue weighted by atomic mass is 35.5. The molecule has 0 fully saturated rings. The van der Waals surface area contributed by atoms with Gasteiger partial charge in [0, 0.05) is 11.1 Å². The smallest absolute Gasteiger partial charge is 0.258 e. The predicted octanol–water partition coefficient (Wildman–Crippen LogP) is 3.52. The van der Waals surface area contributed by atoms with Gasteiger partial charge in [-0.2, -0.15) is 0 Å². The van der Waals surface area contributed by atoms with Crippen molar-refractivity contribution in [2.75, 3.05) is 6.61 Å². The molecular formula is C15H22ClNO2. The number of carbonyl (C=O) groups is 1. The highest BCUT2D eigenvalue weighted by Crippen LogP contribution is 2.17. The zero-order valence-corrected chi connectivity index (χ0v) is 12.7. The quantitative estimate of drug-likeness (QED) is 0.867. The largest absolute Gasteiger partial charge is 0.484 e. The average Bonchev–Trinajstić information content (AvgIpc) is 2.32. The van der Waals surface area contributed by atoms with Crippen molar-refractivity contribution in [3.8, 4) is 5.75 Å². The summed E-state index contributed by atoms with van der Waals surface area (Å²) in [4.78, 5) is 11.9. The fourth-order valence-electron chi connectivity index (χ4n) is 2.04. The van der Waals surface area contributed by atoms with Crippen LogP contribution in [0.5, 0.6) is 5.75 Å². The molecule has 0 bridgehead atoms.